The monoisotopic (exact) mass is 498 g/mol. The molecule has 0 aliphatic carbocycles. The molecule has 31 heavy (non-hydrogen) atoms. The molecule has 0 saturated heterocycles. The van der Waals surface area contributed by atoms with Crippen LogP contribution >= 0.6 is 27.7 Å². The van der Waals surface area contributed by atoms with Gasteiger partial charge in [0.1, 0.15) is 0 Å². The highest BCUT2D eigenvalue weighted by Gasteiger charge is 2.15. The summed E-state index contributed by atoms with van der Waals surface area (Å²) in [5.41, 5.74) is 1.45. The van der Waals surface area contributed by atoms with Gasteiger partial charge in [0.05, 0.1) is 12.0 Å². The van der Waals surface area contributed by atoms with Crippen LogP contribution in [0.1, 0.15) is 20.9 Å². The maximum Gasteiger partial charge on any atom is 0.291 e. The first-order valence-corrected chi connectivity index (χ1v) is 10.6. The van der Waals surface area contributed by atoms with Gasteiger partial charge >= 0.3 is 0 Å². The van der Waals surface area contributed by atoms with E-state index in [4.69, 9.17) is 4.42 Å². The standard InChI is InChI=1S/C20H15BrN6O3S/c1-27-20(24-25-26-27)31-17-8-7-13(21)11-15(17)23-18(28)12-4-2-5-14(10-12)22-19(29)16-6-3-9-30-16/h2-11H,1H3,(H,22,29)(H,23,28). The number of aryl methyl sites for hydroxylation is 1. The Balaban J connectivity index is 1.52. The van der Waals surface area contributed by atoms with Crippen LogP contribution in [0.15, 0.2) is 79.8 Å². The fraction of sp³-hybridized carbons (Fsp3) is 0.0500. The molecule has 0 aliphatic rings. The lowest BCUT2D eigenvalue weighted by atomic mass is 10.1. The van der Waals surface area contributed by atoms with Crippen LogP contribution in [0.25, 0.3) is 0 Å². The van der Waals surface area contributed by atoms with E-state index >= 15 is 0 Å². The number of benzene rings is 2. The Labute approximate surface area is 189 Å². The SMILES string of the molecule is Cn1nnnc1Sc1ccc(Br)cc1NC(=O)c1cccc(NC(=O)c2ccco2)c1. The minimum absolute atomic E-state index is 0.184. The van der Waals surface area contributed by atoms with E-state index in [1.165, 1.54) is 18.0 Å². The first kappa shape index (κ1) is 20.8. The zero-order valence-corrected chi connectivity index (χ0v) is 18.5. The van der Waals surface area contributed by atoms with Gasteiger partial charge in [-0.2, -0.15) is 0 Å². The first-order chi connectivity index (χ1) is 15.0. The number of hydrogen-bond donors (Lipinski definition) is 2. The smallest absolute Gasteiger partial charge is 0.291 e. The van der Waals surface area contributed by atoms with E-state index in [2.05, 4.69) is 42.1 Å². The highest BCUT2D eigenvalue weighted by Crippen LogP contribution is 2.34. The number of aromatic nitrogens is 4. The van der Waals surface area contributed by atoms with E-state index in [9.17, 15) is 9.59 Å². The molecule has 0 fully saturated rings. The molecule has 156 valence electrons. The van der Waals surface area contributed by atoms with Crippen LogP contribution in [-0.2, 0) is 7.05 Å². The van der Waals surface area contributed by atoms with Gasteiger partial charge in [-0.3, -0.25) is 9.59 Å². The zero-order chi connectivity index (χ0) is 21.8. The van der Waals surface area contributed by atoms with Crippen LogP contribution in [0.4, 0.5) is 11.4 Å². The minimum atomic E-state index is -0.398. The van der Waals surface area contributed by atoms with Crippen LogP contribution < -0.4 is 10.6 Å². The summed E-state index contributed by atoms with van der Waals surface area (Å²) in [5.74, 6) is -0.542. The van der Waals surface area contributed by atoms with Gasteiger partial charge in [-0.15, -0.1) is 5.10 Å². The summed E-state index contributed by atoms with van der Waals surface area (Å²) in [4.78, 5) is 25.9. The largest absolute Gasteiger partial charge is 0.459 e. The van der Waals surface area contributed by atoms with Crippen LogP contribution in [0.2, 0.25) is 0 Å². The molecule has 2 N–H and O–H groups in total. The molecule has 2 aromatic carbocycles. The van der Waals surface area contributed by atoms with Crippen molar-refractivity contribution in [3.8, 4) is 0 Å². The number of rotatable bonds is 6. The highest BCUT2D eigenvalue weighted by atomic mass is 79.9. The van der Waals surface area contributed by atoms with Crippen LogP contribution in [0.3, 0.4) is 0 Å². The summed E-state index contributed by atoms with van der Waals surface area (Å²) < 4.78 is 7.44. The Morgan fingerprint density at radius 3 is 2.68 bits per heavy atom. The number of nitrogens with one attached hydrogen (secondary N) is 2. The predicted octanol–water partition coefficient (Wildman–Crippen LogP) is 4.22. The fourth-order valence-corrected chi connectivity index (χ4v) is 3.79. The summed E-state index contributed by atoms with van der Waals surface area (Å²) >= 11 is 4.76. The second kappa shape index (κ2) is 9.14. The number of halogens is 1. The average Bonchev–Trinajstić information content (AvgIpc) is 3.42. The van der Waals surface area contributed by atoms with Crippen LogP contribution in [0, 0.1) is 0 Å². The second-order valence-corrected chi connectivity index (χ2v) is 8.22. The van der Waals surface area contributed by atoms with E-state index < -0.39 is 5.91 Å². The summed E-state index contributed by atoms with van der Waals surface area (Å²) in [6.45, 7) is 0. The molecule has 0 radical (unpaired) electrons. The Morgan fingerprint density at radius 2 is 1.94 bits per heavy atom. The number of hydrogen-bond acceptors (Lipinski definition) is 7. The molecule has 0 unspecified atom stereocenters. The van der Waals surface area contributed by atoms with Gasteiger partial charge in [-0.05, 0) is 70.7 Å². The average molecular weight is 499 g/mol. The molecule has 4 aromatic rings. The number of furan rings is 1. The summed E-state index contributed by atoms with van der Waals surface area (Å²) in [5, 5.41) is 17.6. The third-order valence-corrected chi connectivity index (χ3v) is 5.70. The third-order valence-electron chi connectivity index (χ3n) is 4.10. The van der Waals surface area contributed by atoms with E-state index in [1.54, 1.807) is 54.2 Å². The van der Waals surface area contributed by atoms with Crippen molar-refractivity contribution in [3.05, 3.63) is 76.7 Å². The molecule has 11 heteroatoms. The van der Waals surface area contributed by atoms with E-state index in [-0.39, 0.29) is 11.7 Å². The lowest BCUT2D eigenvalue weighted by molar-refractivity contribution is 0.0993. The van der Waals surface area contributed by atoms with Crippen molar-refractivity contribution in [1.82, 2.24) is 20.2 Å². The number of carbonyl (C=O) groups is 2. The second-order valence-electron chi connectivity index (χ2n) is 6.29. The van der Waals surface area contributed by atoms with Gasteiger partial charge in [0, 0.05) is 27.7 Å². The Bertz CT molecular complexity index is 1240. The van der Waals surface area contributed by atoms with Crippen molar-refractivity contribution in [1.29, 1.82) is 0 Å². The molecule has 2 aromatic heterocycles. The molecule has 2 amide bonds. The van der Waals surface area contributed by atoms with Crippen molar-refractivity contribution in [2.24, 2.45) is 7.05 Å². The van der Waals surface area contributed by atoms with E-state index in [0.29, 0.717) is 22.1 Å². The van der Waals surface area contributed by atoms with Crippen molar-refractivity contribution in [2.45, 2.75) is 10.1 Å². The fourth-order valence-electron chi connectivity index (χ4n) is 2.63. The number of tetrazole rings is 1. The molecule has 4 rings (SSSR count). The quantitative estimate of drug-likeness (QED) is 0.408. The van der Waals surface area contributed by atoms with Crippen LogP contribution in [-0.4, -0.2) is 32.0 Å². The van der Waals surface area contributed by atoms with Gasteiger partial charge in [0.15, 0.2) is 5.76 Å². The van der Waals surface area contributed by atoms with Gasteiger partial charge < -0.3 is 15.1 Å². The molecule has 9 nitrogen and oxygen atoms in total. The lowest BCUT2D eigenvalue weighted by Gasteiger charge is -2.12. The zero-order valence-electron chi connectivity index (χ0n) is 16.1. The third kappa shape index (κ3) is 5.01. The minimum Gasteiger partial charge on any atom is -0.459 e. The molecular weight excluding hydrogens is 484 g/mol. The maximum atomic E-state index is 12.9. The van der Waals surface area contributed by atoms with Gasteiger partial charge in [-0.1, -0.05) is 22.0 Å². The summed E-state index contributed by atoms with van der Waals surface area (Å²) in [6.07, 6.45) is 1.42. The molecule has 0 aliphatic heterocycles. The van der Waals surface area contributed by atoms with Crippen molar-refractivity contribution >= 4 is 50.9 Å². The molecule has 0 bridgehead atoms. The van der Waals surface area contributed by atoms with E-state index in [0.717, 1.165) is 9.37 Å². The predicted molar refractivity (Wildman–Crippen MR) is 118 cm³/mol. The molecular formula is C20H15BrN6O3S. The first-order valence-electron chi connectivity index (χ1n) is 8.95. The van der Waals surface area contributed by atoms with E-state index in [1.807, 2.05) is 12.1 Å². The Kier molecular flexibility index (Phi) is 6.14. The summed E-state index contributed by atoms with van der Waals surface area (Å²) in [7, 11) is 1.74. The van der Waals surface area contributed by atoms with Crippen molar-refractivity contribution < 1.29 is 14.0 Å². The number of carbonyl (C=O) groups excluding carboxylic acids is 2. The van der Waals surface area contributed by atoms with Gasteiger partial charge in [-0.25, -0.2) is 4.68 Å². The number of anilines is 2. The Hall–Kier alpha value is -3.44. The van der Waals surface area contributed by atoms with Gasteiger partial charge in [0.25, 0.3) is 11.8 Å². The molecule has 2 heterocycles. The maximum absolute atomic E-state index is 12.9. The summed E-state index contributed by atoms with van der Waals surface area (Å²) in [6, 6.07) is 15.4. The Morgan fingerprint density at radius 1 is 1.06 bits per heavy atom. The lowest BCUT2D eigenvalue weighted by Crippen LogP contribution is -2.14. The molecule has 0 saturated carbocycles. The topological polar surface area (TPSA) is 115 Å². The molecule has 0 atom stereocenters. The van der Waals surface area contributed by atoms with Gasteiger partial charge in [0.2, 0.25) is 5.16 Å². The highest BCUT2D eigenvalue weighted by molar-refractivity contribution is 9.10. The van der Waals surface area contributed by atoms with Crippen molar-refractivity contribution in [3.63, 3.8) is 0 Å². The normalized spacial score (nSPS) is 10.6. The van der Waals surface area contributed by atoms with Crippen molar-refractivity contribution in [2.75, 3.05) is 10.6 Å². The molecule has 0 spiro atoms. The number of nitrogens with zero attached hydrogens (tertiary/aromatic N) is 4. The number of amides is 2. The van der Waals surface area contributed by atoms with Crippen LogP contribution in [0.5, 0.6) is 0 Å².